The van der Waals surface area contributed by atoms with Crippen LogP contribution in [0.1, 0.15) is 43.7 Å². The van der Waals surface area contributed by atoms with Crippen LogP contribution in [0.2, 0.25) is 0 Å². The van der Waals surface area contributed by atoms with Gasteiger partial charge < -0.3 is 4.74 Å². The number of piperidine rings is 1. The molecule has 0 aliphatic carbocycles. The fraction of sp³-hybridized carbons (Fsp3) is 0.667. The first-order valence-electron chi connectivity index (χ1n) is 8.75. The van der Waals surface area contributed by atoms with Crippen LogP contribution in [0.5, 0.6) is 5.75 Å². The molecule has 0 amide bonds. The van der Waals surface area contributed by atoms with Gasteiger partial charge in [-0.05, 0) is 44.2 Å². The lowest BCUT2D eigenvalue weighted by molar-refractivity contribution is 0.0403. The molecule has 1 heterocycles. The molecular weight excluding hydrogens is 324 g/mol. The molecule has 1 N–H and O–H groups in total. The predicted molar refractivity (Wildman–Crippen MR) is 97.5 cm³/mol. The Bertz CT molecular complexity index is 625. The zero-order valence-electron chi connectivity index (χ0n) is 15.2. The first-order chi connectivity index (χ1) is 11.3. The smallest absolute Gasteiger partial charge is 0.221 e. The first kappa shape index (κ1) is 19.2. The number of nitrogens with one attached hydrogen (secondary N) is 1. The van der Waals surface area contributed by atoms with Crippen LogP contribution < -0.4 is 9.57 Å². The van der Waals surface area contributed by atoms with E-state index in [1.54, 1.807) is 0 Å². The summed E-state index contributed by atoms with van der Waals surface area (Å²) >= 11 is 0. The Kier molecular flexibility index (Phi) is 6.66. The number of para-hydroxylation sites is 1. The van der Waals surface area contributed by atoms with Gasteiger partial charge in [0.05, 0.1) is 12.9 Å². The van der Waals surface area contributed by atoms with E-state index >= 15 is 0 Å². The number of nitrogens with zero attached hydrogens (tertiary/aromatic N) is 1. The average Bonchev–Trinajstić information content (AvgIpc) is 2.48. The molecular formula is C18H30N2O3S. The second-order valence-electron chi connectivity index (χ2n) is 6.85. The minimum Gasteiger partial charge on any atom is -0.493 e. The second kappa shape index (κ2) is 8.32. The maximum Gasteiger partial charge on any atom is 0.221 e. The van der Waals surface area contributed by atoms with Crippen molar-refractivity contribution < 1.29 is 13.2 Å². The molecule has 2 unspecified atom stereocenters. The molecule has 136 valence electrons. The third-order valence-corrected chi connectivity index (χ3v) is 5.20. The zero-order valence-corrected chi connectivity index (χ0v) is 16.0. The third kappa shape index (κ3) is 5.19. The van der Waals surface area contributed by atoms with Crippen LogP contribution in [0.3, 0.4) is 0 Å². The van der Waals surface area contributed by atoms with Crippen molar-refractivity contribution in [2.75, 3.05) is 19.4 Å². The van der Waals surface area contributed by atoms with Gasteiger partial charge in [0.25, 0.3) is 0 Å². The SMILES string of the molecule is CCCC1C(COc2c(C)cccc2C)CCCN1NS(C)(=O)=O. The van der Waals surface area contributed by atoms with E-state index in [0.29, 0.717) is 12.5 Å². The summed E-state index contributed by atoms with van der Waals surface area (Å²) in [6, 6.07) is 6.34. The number of ether oxygens (including phenoxy) is 1. The number of benzene rings is 1. The summed E-state index contributed by atoms with van der Waals surface area (Å²) in [6.45, 7) is 7.64. The van der Waals surface area contributed by atoms with E-state index in [9.17, 15) is 8.42 Å². The summed E-state index contributed by atoms with van der Waals surface area (Å²) in [5, 5.41) is 1.90. The van der Waals surface area contributed by atoms with Crippen LogP contribution >= 0.6 is 0 Å². The molecule has 5 nitrogen and oxygen atoms in total. The van der Waals surface area contributed by atoms with Crippen LogP contribution in [0.4, 0.5) is 0 Å². The Hall–Kier alpha value is -1.11. The number of aryl methyl sites for hydroxylation is 2. The normalized spacial score (nSPS) is 22.5. The summed E-state index contributed by atoms with van der Waals surface area (Å²) < 4.78 is 29.4. The molecule has 24 heavy (non-hydrogen) atoms. The first-order valence-corrected chi connectivity index (χ1v) is 10.6. The molecule has 1 fully saturated rings. The number of hydrogen-bond donors (Lipinski definition) is 1. The lowest BCUT2D eigenvalue weighted by Crippen LogP contribution is -2.55. The van der Waals surface area contributed by atoms with Crippen molar-refractivity contribution in [3.63, 3.8) is 0 Å². The van der Waals surface area contributed by atoms with Crippen molar-refractivity contribution >= 4 is 10.0 Å². The van der Waals surface area contributed by atoms with Crippen molar-refractivity contribution in [1.82, 2.24) is 9.84 Å². The van der Waals surface area contributed by atoms with E-state index in [1.165, 1.54) is 6.26 Å². The van der Waals surface area contributed by atoms with Crippen molar-refractivity contribution in [2.24, 2.45) is 5.92 Å². The van der Waals surface area contributed by atoms with Crippen LogP contribution in [-0.2, 0) is 10.0 Å². The minimum atomic E-state index is -3.24. The van der Waals surface area contributed by atoms with E-state index in [1.807, 2.05) is 11.1 Å². The Morgan fingerprint density at radius 3 is 2.54 bits per heavy atom. The van der Waals surface area contributed by atoms with Gasteiger partial charge in [-0.3, -0.25) is 0 Å². The molecule has 0 spiro atoms. The lowest BCUT2D eigenvalue weighted by Gasteiger charge is -2.40. The highest BCUT2D eigenvalue weighted by Crippen LogP contribution is 2.29. The number of rotatable bonds is 7. The monoisotopic (exact) mass is 354 g/mol. The van der Waals surface area contributed by atoms with Crippen LogP contribution in [-0.4, -0.2) is 38.9 Å². The molecule has 1 aliphatic heterocycles. The Morgan fingerprint density at radius 1 is 1.29 bits per heavy atom. The summed E-state index contributed by atoms with van der Waals surface area (Å²) in [7, 11) is -3.24. The van der Waals surface area contributed by atoms with E-state index < -0.39 is 10.0 Å². The lowest BCUT2D eigenvalue weighted by atomic mass is 9.88. The standard InChI is InChI=1S/C18H30N2O3S/c1-5-8-17-16(11-7-12-20(17)19-24(4,21)22)13-23-18-14(2)9-6-10-15(18)3/h6,9-10,16-17,19H,5,7-8,11-13H2,1-4H3. The molecule has 1 aliphatic rings. The predicted octanol–water partition coefficient (Wildman–Crippen LogP) is 3.03. The Labute approximate surface area is 146 Å². The van der Waals surface area contributed by atoms with E-state index in [0.717, 1.165) is 49.1 Å². The van der Waals surface area contributed by atoms with Crippen LogP contribution in [0.15, 0.2) is 18.2 Å². The Morgan fingerprint density at radius 2 is 1.96 bits per heavy atom. The number of hydrazine groups is 1. The van der Waals surface area contributed by atoms with Gasteiger partial charge in [-0.15, -0.1) is 4.83 Å². The fourth-order valence-electron chi connectivity index (χ4n) is 3.56. The van der Waals surface area contributed by atoms with Gasteiger partial charge in [0.2, 0.25) is 10.0 Å². The molecule has 2 atom stereocenters. The zero-order chi connectivity index (χ0) is 17.7. The van der Waals surface area contributed by atoms with Gasteiger partial charge in [-0.25, -0.2) is 13.4 Å². The minimum absolute atomic E-state index is 0.183. The van der Waals surface area contributed by atoms with Gasteiger partial charge in [0.15, 0.2) is 0 Å². The molecule has 6 heteroatoms. The molecule has 1 aromatic rings. The number of hydrogen-bond acceptors (Lipinski definition) is 4. The van der Waals surface area contributed by atoms with Crippen molar-refractivity contribution in [1.29, 1.82) is 0 Å². The summed E-state index contributed by atoms with van der Waals surface area (Å²) in [4.78, 5) is 2.69. The maximum absolute atomic E-state index is 11.6. The molecule has 0 bridgehead atoms. The van der Waals surface area contributed by atoms with Crippen LogP contribution in [0, 0.1) is 19.8 Å². The highest BCUT2D eigenvalue weighted by atomic mass is 32.2. The quantitative estimate of drug-likeness (QED) is 0.818. The molecule has 0 saturated carbocycles. The van der Waals surface area contributed by atoms with Gasteiger partial charge in [0.1, 0.15) is 5.75 Å². The highest BCUT2D eigenvalue weighted by Gasteiger charge is 2.32. The van der Waals surface area contributed by atoms with Crippen molar-refractivity contribution in [2.45, 2.75) is 52.5 Å². The Balaban J connectivity index is 2.09. The van der Waals surface area contributed by atoms with Gasteiger partial charge >= 0.3 is 0 Å². The molecule has 0 radical (unpaired) electrons. The third-order valence-electron chi connectivity index (χ3n) is 4.64. The van der Waals surface area contributed by atoms with E-state index in [4.69, 9.17) is 4.74 Å². The largest absolute Gasteiger partial charge is 0.493 e. The topological polar surface area (TPSA) is 58.6 Å². The van der Waals surface area contributed by atoms with Crippen molar-refractivity contribution in [3.05, 3.63) is 29.3 Å². The molecule has 1 aromatic carbocycles. The summed E-state index contributed by atoms with van der Waals surface area (Å²) in [5.74, 6) is 1.29. The summed E-state index contributed by atoms with van der Waals surface area (Å²) in [5.41, 5.74) is 2.29. The molecule has 2 rings (SSSR count). The van der Waals surface area contributed by atoms with Crippen LogP contribution in [0.25, 0.3) is 0 Å². The maximum atomic E-state index is 11.6. The second-order valence-corrected chi connectivity index (χ2v) is 8.57. The average molecular weight is 355 g/mol. The van der Waals surface area contributed by atoms with E-state index in [2.05, 4.69) is 37.7 Å². The molecule has 0 aromatic heterocycles. The van der Waals surface area contributed by atoms with Crippen molar-refractivity contribution in [3.8, 4) is 5.75 Å². The number of sulfonamides is 1. The summed E-state index contributed by atoms with van der Waals surface area (Å²) in [6.07, 6.45) is 5.24. The van der Waals surface area contributed by atoms with Gasteiger partial charge in [0, 0.05) is 18.5 Å². The highest BCUT2D eigenvalue weighted by molar-refractivity contribution is 7.88. The van der Waals surface area contributed by atoms with E-state index in [-0.39, 0.29) is 6.04 Å². The fourth-order valence-corrected chi connectivity index (χ4v) is 4.21. The van der Waals surface area contributed by atoms with Gasteiger partial charge in [-0.1, -0.05) is 31.5 Å². The van der Waals surface area contributed by atoms with Gasteiger partial charge in [-0.2, -0.15) is 0 Å². The molecule has 1 saturated heterocycles.